The molecule has 2 amide bonds. The lowest BCUT2D eigenvalue weighted by atomic mass is 10.2. The van der Waals surface area contributed by atoms with E-state index in [0.717, 1.165) is 5.82 Å². The van der Waals surface area contributed by atoms with Crippen LogP contribution in [0.3, 0.4) is 0 Å². The number of rotatable bonds is 5. The Kier molecular flexibility index (Phi) is 6.07. The quantitative estimate of drug-likeness (QED) is 0.761. The van der Waals surface area contributed by atoms with Gasteiger partial charge >= 0.3 is 6.09 Å². The molecule has 0 radical (unpaired) electrons. The summed E-state index contributed by atoms with van der Waals surface area (Å²) in [5.74, 6) is 0.156. The maximum Gasteiger partial charge on any atom is 0.414 e. The van der Waals surface area contributed by atoms with Gasteiger partial charge in [-0.3, -0.25) is 9.69 Å². The molecule has 2 fully saturated rings. The number of carbonyl (C=O) groups is 2. The number of ether oxygens (including phenoxy) is 1. The average Bonchev–Trinajstić information content (AvgIpc) is 3.18. The fourth-order valence-corrected chi connectivity index (χ4v) is 3.91. The summed E-state index contributed by atoms with van der Waals surface area (Å²) < 4.78 is 20.1. The minimum atomic E-state index is -0.559. The molecule has 1 aromatic heterocycles. The highest BCUT2D eigenvalue weighted by molar-refractivity contribution is 5.90. The van der Waals surface area contributed by atoms with Crippen molar-refractivity contribution >= 4 is 29.2 Å². The van der Waals surface area contributed by atoms with Gasteiger partial charge < -0.3 is 19.9 Å². The fourth-order valence-electron chi connectivity index (χ4n) is 3.91. The van der Waals surface area contributed by atoms with Crippen LogP contribution in [0.15, 0.2) is 36.5 Å². The zero-order valence-electron chi connectivity index (χ0n) is 17.6. The van der Waals surface area contributed by atoms with Crippen molar-refractivity contribution in [2.75, 3.05) is 54.0 Å². The third kappa shape index (κ3) is 4.42. The summed E-state index contributed by atoms with van der Waals surface area (Å²) in [7, 11) is 0. The first-order chi connectivity index (χ1) is 15.5. The number of nitriles is 1. The van der Waals surface area contributed by atoms with Gasteiger partial charge in [0.15, 0.2) is 0 Å². The number of nitrogens with one attached hydrogen (secondary N) is 1. The van der Waals surface area contributed by atoms with Gasteiger partial charge in [-0.2, -0.15) is 5.26 Å². The molecule has 2 aliphatic rings. The molecule has 0 aliphatic carbocycles. The number of amides is 2. The van der Waals surface area contributed by atoms with Gasteiger partial charge in [0.2, 0.25) is 5.91 Å². The Hall–Kier alpha value is -3.87. The predicted octanol–water partition coefficient (Wildman–Crippen LogP) is 1.88. The van der Waals surface area contributed by atoms with Crippen molar-refractivity contribution in [3.8, 4) is 6.07 Å². The molecule has 1 unspecified atom stereocenters. The third-order valence-electron chi connectivity index (χ3n) is 5.58. The van der Waals surface area contributed by atoms with Crippen molar-refractivity contribution < 1.29 is 18.7 Å². The Morgan fingerprint density at radius 3 is 2.62 bits per heavy atom. The molecule has 4 rings (SSSR count). The molecule has 1 atom stereocenters. The van der Waals surface area contributed by atoms with Gasteiger partial charge in [0.25, 0.3) is 0 Å². The van der Waals surface area contributed by atoms with Crippen LogP contribution in [0, 0.1) is 17.1 Å². The van der Waals surface area contributed by atoms with E-state index < -0.39 is 11.9 Å². The zero-order chi connectivity index (χ0) is 22.7. The summed E-state index contributed by atoms with van der Waals surface area (Å²) in [6.07, 6.45) is 0.985. The summed E-state index contributed by atoms with van der Waals surface area (Å²) in [5.41, 5.74) is 1.37. The number of nitrogens with zero attached hydrogens (tertiary/aromatic N) is 5. The third-order valence-corrected chi connectivity index (χ3v) is 5.58. The van der Waals surface area contributed by atoms with Crippen molar-refractivity contribution in [1.29, 1.82) is 5.26 Å². The molecule has 2 saturated heterocycles. The van der Waals surface area contributed by atoms with Gasteiger partial charge in [0, 0.05) is 45.8 Å². The molecular formula is C22H23FN6O3. The van der Waals surface area contributed by atoms with Crippen LogP contribution in [0.1, 0.15) is 12.5 Å². The average molecular weight is 438 g/mol. The van der Waals surface area contributed by atoms with Crippen molar-refractivity contribution in [3.63, 3.8) is 0 Å². The second-order valence-electron chi connectivity index (χ2n) is 7.66. The molecule has 2 aromatic rings. The van der Waals surface area contributed by atoms with Crippen LogP contribution in [0.2, 0.25) is 0 Å². The van der Waals surface area contributed by atoms with Gasteiger partial charge in [0.05, 0.1) is 23.0 Å². The number of piperazine rings is 1. The molecule has 0 bridgehead atoms. The van der Waals surface area contributed by atoms with E-state index in [2.05, 4.69) is 21.3 Å². The number of hydrogen-bond acceptors (Lipinski definition) is 7. The minimum Gasteiger partial charge on any atom is -0.447 e. The number of hydrogen-bond donors (Lipinski definition) is 1. The molecule has 166 valence electrons. The van der Waals surface area contributed by atoms with Gasteiger partial charge in [-0.15, -0.1) is 0 Å². The molecule has 3 heterocycles. The van der Waals surface area contributed by atoms with Crippen LogP contribution in [0.4, 0.5) is 26.4 Å². The van der Waals surface area contributed by atoms with Gasteiger partial charge in [-0.1, -0.05) is 0 Å². The minimum absolute atomic E-state index is 0.133. The monoisotopic (exact) mass is 438 g/mol. The summed E-state index contributed by atoms with van der Waals surface area (Å²) >= 11 is 0. The van der Waals surface area contributed by atoms with E-state index in [1.165, 1.54) is 17.9 Å². The summed E-state index contributed by atoms with van der Waals surface area (Å²) in [5, 5.41) is 11.6. The highest BCUT2D eigenvalue weighted by Gasteiger charge is 2.35. The van der Waals surface area contributed by atoms with Crippen LogP contribution < -0.4 is 20.0 Å². The molecule has 32 heavy (non-hydrogen) atoms. The number of benzene rings is 1. The second-order valence-corrected chi connectivity index (χ2v) is 7.66. The number of cyclic esters (lactones) is 1. The second kappa shape index (κ2) is 9.09. The molecule has 2 aliphatic heterocycles. The Bertz CT molecular complexity index is 1050. The number of aromatic nitrogens is 1. The smallest absolute Gasteiger partial charge is 0.414 e. The van der Waals surface area contributed by atoms with E-state index in [-0.39, 0.29) is 25.1 Å². The Morgan fingerprint density at radius 1 is 1.25 bits per heavy atom. The first-order valence-corrected chi connectivity index (χ1v) is 10.3. The lowest BCUT2D eigenvalue weighted by Crippen LogP contribution is -2.47. The van der Waals surface area contributed by atoms with Crippen LogP contribution in [-0.4, -0.2) is 62.4 Å². The summed E-state index contributed by atoms with van der Waals surface area (Å²) in [4.78, 5) is 33.1. The van der Waals surface area contributed by atoms with Crippen LogP contribution in [0.25, 0.3) is 0 Å². The standard InChI is InChI=1S/C22H23FN6O3/c1-15(30)25-13-18-14-32-22(31)29(18)17-3-4-20(19(23)10-17)27-6-8-28(9-7-27)21-5-2-16(11-24)12-26-21/h2-5,10,12,18H,6-9,13-14H2,1H3,(H,25,30). The normalized spacial score (nSPS) is 18.3. The van der Waals surface area contributed by atoms with Crippen molar-refractivity contribution in [2.24, 2.45) is 0 Å². The van der Waals surface area contributed by atoms with Gasteiger partial charge in [-0.25, -0.2) is 14.2 Å². The van der Waals surface area contributed by atoms with E-state index >= 15 is 4.39 Å². The number of carbonyl (C=O) groups excluding carboxylic acids is 2. The van der Waals surface area contributed by atoms with E-state index in [1.54, 1.807) is 24.4 Å². The van der Waals surface area contributed by atoms with Crippen molar-refractivity contribution in [2.45, 2.75) is 13.0 Å². The maximum absolute atomic E-state index is 15.0. The largest absolute Gasteiger partial charge is 0.447 e. The van der Waals surface area contributed by atoms with E-state index in [1.807, 2.05) is 11.0 Å². The fraction of sp³-hybridized carbons (Fsp3) is 0.364. The first kappa shape index (κ1) is 21.4. The Morgan fingerprint density at radius 2 is 2.00 bits per heavy atom. The predicted molar refractivity (Wildman–Crippen MR) is 116 cm³/mol. The summed E-state index contributed by atoms with van der Waals surface area (Å²) in [6.45, 7) is 4.30. The lowest BCUT2D eigenvalue weighted by molar-refractivity contribution is -0.119. The van der Waals surface area contributed by atoms with Crippen LogP contribution in [-0.2, 0) is 9.53 Å². The summed E-state index contributed by atoms with van der Waals surface area (Å²) in [6, 6.07) is 9.90. The SMILES string of the molecule is CC(=O)NCC1COC(=O)N1c1ccc(N2CCN(c3ccc(C#N)cn3)CC2)c(F)c1. The van der Waals surface area contributed by atoms with Crippen molar-refractivity contribution in [3.05, 3.63) is 47.9 Å². The molecular weight excluding hydrogens is 415 g/mol. The van der Waals surface area contributed by atoms with Crippen molar-refractivity contribution in [1.82, 2.24) is 10.3 Å². The molecule has 1 aromatic carbocycles. The highest BCUT2D eigenvalue weighted by Crippen LogP contribution is 2.29. The maximum atomic E-state index is 15.0. The number of anilines is 3. The topological polar surface area (TPSA) is 102 Å². The Labute approximate surface area is 185 Å². The molecule has 0 saturated carbocycles. The number of halogens is 1. The highest BCUT2D eigenvalue weighted by atomic mass is 19.1. The Balaban J connectivity index is 1.43. The zero-order valence-corrected chi connectivity index (χ0v) is 17.6. The van der Waals surface area contributed by atoms with Crippen LogP contribution >= 0.6 is 0 Å². The van der Waals surface area contributed by atoms with Crippen LogP contribution in [0.5, 0.6) is 0 Å². The molecule has 0 spiro atoms. The number of pyridine rings is 1. The van der Waals surface area contributed by atoms with E-state index in [4.69, 9.17) is 10.00 Å². The lowest BCUT2D eigenvalue weighted by Gasteiger charge is -2.37. The van der Waals surface area contributed by atoms with Gasteiger partial charge in [-0.05, 0) is 30.3 Å². The first-order valence-electron chi connectivity index (χ1n) is 10.3. The molecule has 1 N–H and O–H groups in total. The molecule has 10 heteroatoms. The molecule has 9 nitrogen and oxygen atoms in total. The van der Waals surface area contributed by atoms with Gasteiger partial charge in [0.1, 0.15) is 24.3 Å². The van der Waals surface area contributed by atoms with E-state index in [0.29, 0.717) is 43.1 Å². The van der Waals surface area contributed by atoms with E-state index in [9.17, 15) is 9.59 Å².